The van der Waals surface area contributed by atoms with Crippen molar-refractivity contribution in [3.63, 3.8) is 0 Å². The van der Waals surface area contributed by atoms with Gasteiger partial charge in [-0.2, -0.15) is 0 Å². The third-order valence-electron chi connectivity index (χ3n) is 5.03. The van der Waals surface area contributed by atoms with Crippen LogP contribution < -0.4 is 5.32 Å². The molecule has 0 saturated heterocycles. The Bertz CT molecular complexity index is 608. The van der Waals surface area contributed by atoms with Gasteiger partial charge in [0.2, 0.25) is 5.91 Å². The molecule has 2 bridgehead atoms. The summed E-state index contributed by atoms with van der Waals surface area (Å²) in [5, 5.41) is 12.2. The summed E-state index contributed by atoms with van der Waals surface area (Å²) in [5.74, 6) is 0.255. The lowest BCUT2D eigenvalue weighted by molar-refractivity contribution is -0.121. The van der Waals surface area contributed by atoms with Gasteiger partial charge in [-0.15, -0.1) is 0 Å². The van der Waals surface area contributed by atoms with Gasteiger partial charge in [0.25, 0.3) is 0 Å². The standard InChI is InChI=1S/C17H21NO3/c1-9-5-10(2)15(14(6-9)17(20)21)18-16(19)13-8-11-3-4-12(13)7-11/h5-6,11-13H,3-4,7-8H2,1-2H3,(H,18,19)(H,20,21). The highest BCUT2D eigenvalue weighted by Gasteiger charge is 2.43. The smallest absolute Gasteiger partial charge is 0.337 e. The normalized spacial score (nSPS) is 26.9. The second-order valence-electron chi connectivity index (χ2n) is 6.58. The van der Waals surface area contributed by atoms with Crippen LogP contribution in [0.5, 0.6) is 0 Å². The Morgan fingerprint density at radius 2 is 1.95 bits per heavy atom. The van der Waals surface area contributed by atoms with E-state index in [1.807, 2.05) is 19.9 Å². The fourth-order valence-corrected chi connectivity index (χ4v) is 4.08. The molecule has 0 radical (unpaired) electrons. The predicted molar refractivity (Wildman–Crippen MR) is 80.4 cm³/mol. The highest BCUT2D eigenvalue weighted by molar-refractivity contribution is 6.02. The molecular formula is C17H21NO3. The predicted octanol–water partition coefficient (Wildman–Crippen LogP) is 3.38. The number of amides is 1. The number of aromatic carboxylic acids is 1. The summed E-state index contributed by atoms with van der Waals surface area (Å²) in [4.78, 5) is 23.9. The van der Waals surface area contributed by atoms with Gasteiger partial charge in [0.05, 0.1) is 11.3 Å². The van der Waals surface area contributed by atoms with Gasteiger partial charge in [-0.05, 0) is 62.1 Å². The molecule has 4 heteroatoms. The zero-order valence-corrected chi connectivity index (χ0v) is 12.5. The number of aryl methyl sites for hydroxylation is 2. The van der Waals surface area contributed by atoms with Crippen molar-refractivity contribution < 1.29 is 14.7 Å². The molecule has 2 saturated carbocycles. The Hall–Kier alpha value is -1.84. The summed E-state index contributed by atoms with van der Waals surface area (Å²) in [6.45, 7) is 3.71. The number of carbonyl (C=O) groups excluding carboxylic acids is 1. The van der Waals surface area contributed by atoms with Crippen molar-refractivity contribution in [1.29, 1.82) is 0 Å². The number of fused-ring (bicyclic) bond motifs is 2. The van der Waals surface area contributed by atoms with E-state index in [1.54, 1.807) is 6.07 Å². The second-order valence-corrected chi connectivity index (χ2v) is 6.58. The average Bonchev–Trinajstić information content (AvgIpc) is 3.03. The number of carbonyl (C=O) groups is 2. The van der Waals surface area contributed by atoms with Crippen molar-refractivity contribution in [2.24, 2.45) is 17.8 Å². The van der Waals surface area contributed by atoms with E-state index in [9.17, 15) is 14.7 Å². The monoisotopic (exact) mass is 287 g/mol. The lowest BCUT2D eigenvalue weighted by atomic mass is 9.88. The molecule has 2 fully saturated rings. The van der Waals surface area contributed by atoms with Gasteiger partial charge in [0.15, 0.2) is 0 Å². The molecule has 0 aliphatic heterocycles. The second kappa shape index (κ2) is 5.17. The van der Waals surface area contributed by atoms with Crippen LogP contribution in [0.3, 0.4) is 0 Å². The molecule has 1 aromatic carbocycles. The first-order valence-electron chi connectivity index (χ1n) is 7.61. The van der Waals surface area contributed by atoms with Crippen LogP contribution in [0.25, 0.3) is 0 Å². The molecule has 3 rings (SSSR count). The minimum absolute atomic E-state index is 0.00310. The molecule has 0 spiro atoms. The zero-order chi connectivity index (χ0) is 15.1. The molecular weight excluding hydrogens is 266 g/mol. The fourth-order valence-electron chi connectivity index (χ4n) is 4.08. The molecule has 1 amide bonds. The summed E-state index contributed by atoms with van der Waals surface area (Å²) in [6.07, 6.45) is 4.51. The van der Waals surface area contributed by atoms with Crippen molar-refractivity contribution in [3.8, 4) is 0 Å². The van der Waals surface area contributed by atoms with Crippen molar-refractivity contribution in [3.05, 3.63) is 28.8 Å². The maximum atomic E-state index is 12.5. The molecule has 112 valence electrons. The highest BCUT2D eigenvalue weighted by atomic mass is 16.4. The molecule has 4 nitrogen and oxygen atoms in total. The SMILES string of the molecule is Cc1cc(C)c(NC(=O)C2CC3CCC2C3)c(C(=O)O)c1. The summed E-state index contributed by atoms with van der Waals surface area (Å²) >= 11 is 0. The zero-order valence-electron chi connectivity index (χ0n) is 12.5. The first-order chi connectivity index (χ1) is 9.95. The number of carboxylic acids is 1. The lowest BCUT2D eigenvalue weighted by Gasteiger charge is -2.22. The Kier molecular flexibility index (Phi) is 3.47. The molecule has 1 aromatic rings. The number of hydrogen-bond acceptors (Lipinski definition) is 2. The van der Waals surface area contributed by atoms with Crippen LogP contribution in [-0.4, -0.2) is 17.0 Å². The summed E-state index contributed by atoms with van der Waals surface area (Å²) < 4.78 is 0. The molecule has 0 aromatic heterocycles. The first-order valence-corrected chi connectivity index (χ1v) is 7.61. The van der Waals surface area contributed by atoms with Crippen LogP contribution in [-0.2, 0) is 4.79 Å². The maximum absolute atomic E-state index is 12.5. The van der Waals surface area contributed by atoms with E-state index in [1.165, 1.54) is 6.42 Å². The van der Waals surface area contributed by atoms with Gasteiger partial charge in [0, 0.05) is 5.92 Å². The number of nitrogens with one attached hydrogen (secondary N) is 1. The quantitative estimate of drug-likeness (QED) is 0.895. The number of benzene rings is 1. The largest absolute Gasteiger partial charge is 0.478 e. The number of rotatable bonds is 3. The van der Waals surface area contributed by atoms with E-state index in [-0.39, 0.29) is 17.4 Å². The van der Waals surface area contributed by atoms with Crippen LogP contribution in [0.1, 0.15) is 47.2 Å². The minimum Gasteiger partial charge on any atom is -0.478 e. The van der Waals surface area contributed by atoms with Gasteiger partial charge in [0.1, 0.15) is 0 Å². The number of anilines is 1. The third kappa shape index (κ3) is 2.55. The Balaban J connectivity index is 1.84. The van der Waals surface area contributed by atoms with E-state index in [0.29, 0.717) is 17.5 Å². The van der Waals surface area contributed by atoms with Gasteiger partial charge in [-0.3, -0.25) is 4.79 Å². The van der Waals surface area contributed by atoms with E-state index in [4.69, 9.17) is 0 Å². The lowest BCUT2D eigenvalue weighted by Crippen LogP contribution is -2.28. The Morgan fingerprint density at radius 1 is 1.19 bits per heavy atom. The van der Waals surface area contributed by atoms with E-state index in [0.717, 1.165) is 30.4 Å². The van der Waals surface area contributed by atoms with Gasteiger partial charge >= 0.3 is 5.97 Å². The topological polar surface area (TPSA) is 66.4 Å². The van der Waals surface area contributed by atoms with Crippen molar-refractivity contribution in [1.82, 2.24) is 0 Å². The first kappa shape index (κ1) is 14.1. The summed E-state index contributed by atoms with van der Waals surface area (Å²) in [5.41, 5.74) is 2.34. The molecule has 2 N–H and O–H groups in total. The van der Waals surface area contributed by atoms with Crippen LogP contribution in [0, 0.1) is 31.6 Å². The van der Waals surface area contributed by atoms with Crippen LogP contribution in [0.2, 0.25) is 0 Å². The Labute approximate surface area is 124 Å². The van der Waals surface area contributed by atoms with E-state index >= 15 is 0 Å². The fraction of sp³-hybridized carbons (Fsp3) is 0.529. The summed E-state index contributed by atoms with van der Waals surface area (Å²) in [6, 6.07) is 3.52. The van der Waals surface area contributed by atoms with Crippen LogP contribution in [0.4, 0.5) is 5.69 Å². The van der Waals surface area contributed by atoms with E-state index < -0.39 is 5.97 Å². The van der Waals surface area contributed by atoms with Crippen molar-refractivity contribution in [2.45, 2.75) is 39.5 Å². The maximum Gasteiger partial charge on any atom is 0.337 e. The molecule has 2 aliphatic carbocycles. The van der Waals surface area contributed by atoms with Gasteiger partial charge in [-0.25, -0.2) is 4.79 Å². The molecule has 3 unspecified atom stereocenters. The highest BCUT2D eigenvalue weighted by Crippen LogP contribution is 2.48. The number of carboxylic acid groups (broad SMARTS) is 1. The van der Waals surface area contributed by atoms with Gasteiger partial charge in [-0.1, -0.05) is 12.5 Å². The molecule has 0 heterocycles. The van der Waals surface area contributed by atoms with Crippen LogP contribution in [0.15, 0.2) is 12.1 Å². The Morgan fingerprint density at radius 3 is 2.52 bits per heavy atom. The van der Waals surface area contributed by atoms with Crippen molar-refractivity contribution in [2.75, 3.05) is 5.32 Å². The minimum atomic E-state index is -0.995. The molecule has 3 atom stereocenters. The van der Waals surface area contributed by atoms with Gasteiger partial charge < -0.3 is 10.4 Å². The van der Waals surface area contributed by atoms with Crippen molar-refractivity contribution >= 4 is 17.6 Å². The van der Waals surface area contributed by atoms with E-state index in [2.05, 4.69) is 5.32 Å². The third-order valence-corrected chi connectivity index (χ3v) is 5.03. The molecule has 21 heavy (non-hydrogen) atoms. The summed E-state index contributed by atoms with van der Waals surface area (Å²) in [7, 11) is 0. The van der Waals surface area contributed by atoms with Crippen LogP contribution >= 0.6 is 0 Å². The number of hydrogen-bond donors (Lipinski definition) is 2. The average molecular weight is 287 g/mol. The molecule has 2 aliphatic rings.